The van der Waals surface area contributed by atoms with Crippen molar-refractivity contribution < 1.29 is 4.79 Å². The Morgan fingerprint density at radius 1 is 1.08 bits per heavy atom. The Hall–Kier alpha value is -2.94. The Labute approximate surface area is 142 Å². The van der Waals surface area contributed by atoms with E-state index in [2.05, 4.69) is 21.6 Å². The van der Waals surface area contributed by atoms with Crippen molar-refractivity contribution in [3.63, 3.8) is 0 Å². The molecule has 6 nitrogen and oxygen atoms in total. The molecule has 0 saturated carbocycles. The minimum absolute atomic E-state index is 0.0869. The number of rotatable bonds is 7. The van der Waals surface area contributed by atoms with E-state index in [4.69, 9.17) is 5.26 Å². The van der Waals surface area contributed by atoms with Crippen LogP contribution in [0.4, 0.5) is 11.5 Å². The van der Waals surface area contributed by atoms with E-state index in [-0.39, 0.29) is 5.91 Å². The Kier molecular flexibility index (Phi) is 6.26. The number of carbonyl (C=O) groups excluding carboxylic acids is 1. The summed E-state index contributed by atoms with van der Waals surface area (Å²) in [6, 6.07) is 12.5. The van der Waals surface area contributed by atoms with Gasteiger partial charge in [0.05, 0.1) is 11.6 Å². The zero-order valence-corrected chi connectivity index (χ0v) is 14.0. The highest BCUT2D eigenvalue weighted by atomic mass is 16.2. The first-order valence-corrected chi connectivity index (χ1v) is 8.08. The van der Waals surface area contributed by atoms with Gasteiger partial charge < -0.3 is 10.2 Å². The van der Waals surface area contributed by atoms with E-state index in [0.29, 0.717) is 17.1 Å². The minimum Gasteiger partial charge on any atom is -0.339 e. The van der Waals surface area contributed by atoms with Crippen molar-refractivity contribution in [2.24, 2.45) is 0 Å². The number of nitrogens with one attached hydrogen (secondary N) is 1. The lowest BCUT2D eigenvalue weighted by Crippen LogP contribution is -2.33. The third-order valence-electron chi connectivity index (χ3n) is 3.44. The van der Waals surface area contributed by atoms with E-state index in [9.17, 15) is 4.79 Å². The molecule has 1 aromatic carbocycles. The van der Waals surface area contributed by atoms with Crippen LogP contribution >= 0.6 is 0 Å². The van der Waals surface area contributed by atoms with Gasteiger partial charge in [-0.3, -0.25) is 4.79 Å². The van der Waals surface area contributed by atoms with Crippen LogP contribution in [-0.4, -0.2) is 34.1 Å². The van der Waals surface area contributed by atoms with Crippen LogP contribution in [0.25, 0.3) is 0 Å². The largest absolute Gasteiger partial charge is 0.339 e. The molecule has 6 heteroatoms. The van der Waals surface area contributed by atoms with Gasteiger partial charge in [-0.15, -0.1) is 10.2 Å². The third-order valence-corrected chi connectivity index (χ3v) is 3.44. The monoisotopic (exact) mass is 323 g/mol. The Morgan fingerprint density at radius 3 is 2.25 bits per heavy atom. The van der Waals surface area contributed by atoms with E-state index in [1.165, 1.54) is 0 Å². The lowest BCUT2D eigenvalue weighted by Gasteiger charge is -2.20. The number of aromatic nitrogens is 2. The molecule has 0 unspecified atom stereocenters. The highest BCUT2D eigenvalue weighted by molar-refractivity contribution is 5.92. The molecule has 0 atom stereocenters. The van der Waals surface area contributed by atoms with Crippen LogP contribution in [0.2, 0.25) is 0 Å². The number of hydrogen-bond acceptors (Lipinski definition) is 5. The molecule has 0 radical (unpaired) electrons. The van der Waals surface area contributed by atoms with Gasteiger partial charge in [-0.25, -0.2) is 0 Å². The number of benzene rings is 1. The van der Waals surface area contributed by atoms with E-state index < -0.39 is 0 Å². The van der Waals surface area contributed by atoms with Gasteiger partial charge in [0.15, 0.2) is 11.5 Å². The van der Waals surface area contributed by atoms with Crippen molar-refractivity contribution in [3.05, 3.63) is 47.7 Å². The predicted octanol–water partition coefficient (Wildman–Crippen LogP) is 3.35. The fourth-order valence-electron chi connectivity index (χ4n) is 2.31. The third kappa shape index (κ3) is 4.53. The maximum atomic E-state index is 12.4. The molecule has 0 spiro atoms. The van der Waals surface area contributed by atoms with Gasteiger partial charge in [-0.2, -0.15) is 5.26 Å². The van der Waals surface area contributed by atoms with Gasteiger partial charge in [0, 0.05) is 18.8 Å². The first kappa shape index (κ1) is 17.4. The summed E-state index contributed by atoms with van der Waals surface area (Å²) in [6.45, 7) is 5.54. The van der Waals surface area contributed by atoms with Gasteiger partial charge in [-0.1, -0.05) is 13.8 Å². The van der Waals surface area contributed by atoms with Crippen LogP contribution in [0.5, 0.6) is 0 Å². The topological polar surface area (TPSA) is 81.9 Å². The highest BCUT2D eigenvalue weighted by Crippen LogP contribution is 2.15. The molecular formula is C18H21N5O. The standard InChI is InChI=1S/C18H21N5O/c1-3-11-23(12-4-2)18(24)16-9-10-17(22-21-16)20-15-7-5-14(13-19)6-8-15/h5-10H,3-4,11-12H2,1-2H3,(H,20,22). The second kappa shape index (κ2) is 8.63. The van der Waals surface area contributed by atoms with Crippen LogP contribution in [0, 0.1) is 11.3 Å². The summed E-state index contributed by atoms with van der Waals surface area (Å²) in [7, 11) is 0. The molecule has 1 amide bonds. The summed E-state index contributed by atoms with van der Waals surface area (Å²) in [5.41, 5.74) is 1.75. The molecule has 124 valence electrons. The predicted molar refractivity (Wildman–Crippen MR) is 93.0 cm³/mol. The van der Waals surface area contributed by atoms with E-state index >= 15 is 0 Å². The molecular weight excluding hydrogens is 302 g/mol. The van der Waals surface area contributed by atoms with Gasteiger partial charge in [-0.05, 0) is 49.2 Å². The van der Waals surface area contributed by atoms with Crippen LogP contribution in [-0.2, 0) is 0 Å². The molecule has 0 fully saturated rings. The summed E-state index contributed by atoms with van der Waals surface area (Å²) in [6.07, 6.45) is 1.83. The van der Waals surface area contributed by atoms with Crippen LogP contribution < -0.4 is 5.32 Å². The van der Waals surface area contributed by atoms with E-state index in [1.807, 2.05) is 13.8 Å². The molecule has 2 aromatic rings. The maximum Gasteiger partial charge on any atom is 0.274 e. The molecule has 24 heavy (non-hydrogen) atoms. The van der Waals surface area contributed by atoms with Crippen molar-refractivity contribution in [3.8, 4) is 6.07 Å². The van der Waals surface area contributed by atoms with Crippen LogP contribution in [0.1, 0.15) is 42.7 Å². The second-order valence-electron chi connectivity index (χ2n) is 5.41. The maximum absolute atomic E-state index is 12.4. The molecule has 0 aliphatic heterocycles. The number of nitrogens with zero attached hydrogens (tertiary/aromatic N) is 4. The summed E-state index contributed by atoms with van der Waals surface area (Å²) in [5, 5.41) is 20.0. The number of hydrogen-bond donors (Lipinski definition) is 1. The number of amides is 1. The fourth-order valence-corrected chi connectivity index (χ4v) is 2.31. The number of nitriles is 1. The molecule has 0 saturated heterocycles. The van der Waals surface area contributed by atoms with Crippen molar-refractivity contribution in [2.45, 2.75) is 26.7 Å². The lowest BCUT2D eigenvalue weighted by atomic mass is 10.2. The molecule has 1 aromatic heterocycles. The summed E-state index contributed by atoms with van der Waals surface area (Å²) in [5.74, 6) is 0.463. The Morgan fingerprint density at radius 2 is 1.75 bits per heavy atom. The Bertz CT molecular complexity index is 698. The van der Waals surface area contributed by atoms with Crippen molar-refractivity contribution in [1.29, 1.82) is 5.26 Å². The average Bonchev–Trinajstić information content (AvgIpc) is 2.62. The molecule has 0 aliphatic carbocycles. The molecule has 1 heterocycles. The number of carbonyl (C=O) groups is 1. The Balaban J connectivity index is 2.06. The van der Waals surface area contributed by atoms with Crippen LogP contribution in [0.15, 0.2) is 36.4 Å². The smallest absolute Gasteiger partial charge is 0.274 e. The van der Waals surface area contributed by atoms with E-state index in [1.54, 1.807) is 41.3 Å². The van der Waals surface area contributed by atoms with Gasteiger partial charge >= 0.3 is 0 Å². The SMILES string of the molecule is CCCN(CCC)C(=O)c1ccc(Nc2ccc(C#N)cc2)nn1. The first-order chi connectivity index (χ1) is 11.7. The van der Waals surface area contributed by atoms with Gasteiger partial charge in [0.25, 0.3) is 5.91 Å². The summed E-state index contributed by atoms with van der Waals surface area (Å²) < 4.78 is 0. The lowest BCUT2D eigenvalue weighted by molar-refractivity contribution is 0.0748. The zero-order chi connectivity index (χ0) is 17.4. The summed E-state index contributed by atoms with van der Waals surface area (Å²) in [4.78, 5) is 14.2. The molecule has 2 rings (SSSR count). The molecule has 0 aliphatic rings. The van der Waals surface area contributed by atoms with Crippen molar-refractivity contribution in [1.82, 2.24) is 15.1 Å². The van der Waals surface area contributed by atoms with Gasteiger partial charge in [0.2, 0.25) is 0 Å². The minimum atomic E-state index is -0.0869. The first-order valence-electron chi connectivity index (χ1n) is 8.08. The van der Waals surface area contributed by atoms with Crippen molar-refractivity contribution in [2.75, 3.05) is 18.4 Å². The molecule has 1 N–H and O–H groups in total. The van der Waals surface area contributed by atoms with Crippen LogP contribution in [0.3, 0.4) is 0 Å². The number of anilines is 2. The summed E-state index contributed by atoms with van der Waals surface area (Å²) >= 11 is 0. The average molecular weight is 323 g/mol. The normalized spacial score (nSPS) is 10.0. The quantitative estimate of drug-likeness (QED) is 0.845. The van der Waals surface area contributed by atoms with E-state index in [0.717, 1.165) is 31.6 Å². The molecule has 0 bridgehead atoms. The fraction of sp³-hybridized carbons (Fsp3) is 0.333. The zero-order valence-electron chi connectivity index (χ0n) is 14.0. The second-order valence-corrected chi connectivity index (χ2v) is 5.41. The van der Waals surface area contributed by atoms with Crippen molar-refractivity contribution >= 4 is 17.4 Å². The highest BCUT2D eigenvalue weighted by Gasteiger charge is 2.16. The van der Waals surface area contributed by atoms with Gasteiger partial charge in [0.1, 0.15) is 0 Å².